The molecule has 2 saturated heterocycles. The topological polar surface area (TPSA) is 23.6 Å². The average Bonchev–Trinajstić information content (AvgIpc) is 2.45. The first kappa shape index (κ1) is 14.2. The van der Waals surface area contributed by atoms with Crippen LogP contribution in [-0.4, -0.2) is 40.9 Å². The summed E-state index contributed by atoms with van der Waals surface area (Å²) < 4.78 is 13.4. The molecule has 0 spiro atoms. The van der Waals surface area contributed by atoms with Crippen molar-refractivity contribution in [2.45, 2.75) is 50.7 Å². The van der Waals surface area contributed by atoms with Gasteiger partial charge in [0.05, 0.1) is 6.04 Å². The highest BCUT2D eigenvalue weighted by atomic mass is 19.1. The predicted molar refractivity (Wildman–Crippen MR) is 82.7 cm³/mol. The Balaban J connectivity index is 1.50. The fourth-order valence-electron chi connectivity index (χ4n) is 4.23. The van der Waals surface area contributed by atoms with Gasteiger partial charge >= 0.3 is 0 Å². The zero-order valence-corrected chi connectivity index (χ0v) is 12.9. The number of halogens is 1. The first-order chi connectivity index (χ1) is 10.7. The summed E-state index contributed by atoms with van der Waals surface area (Å²) in [5.74, 6) is 0.651. The molecular weight excluding hydrogens is 279 g/mol. The zero-order valence-electron chi connectivity index (χ0n) is 12.9. The Morgan fingerprint density at radius 2 is 2.09 bits per heavy atom. The predicted octanol–water partition coefficient (Wildman–Crippen LogP) is 2.80. The van der Waals surface area contributed by atoms with Crippen molar-refractivity contribution in [2.75, 3.05) is 13.1 Å². The fraction of sp³-hybridized carbons (Fsp3) is 0.611. The van der Waals surface area contributed by atoms with E-state index < -0.39 is 0 Å². The van der Waals surface area contributed by atoms with Crippen LogP contribution in [0.1, 0.15) is 37.7 Å². The summed E-state index contributed by atoms with van der Waals surface area (Å²) in [6, 6.07) is 7.33. The Kier molecular flexibility index (Phi) is 3.65. The lowest BCUT2D eigenvalue weighted by Crippen LogP contribution is -2.61. The number of fused-ring (bicyclic) bond motifs is 2. The van der Waals surface area contributed by atoms with Crippen LogP contribution < -0.4 is 0 Å². The van der Waals surface area contributed by atoms with Crippen molar-refractivity contribution >= 4 is 5.91 Å². The molecule has 2 heterocycles. The molecule has 4 rings (SSSR count). The minimum atomic E-state index is -0.224. The number of likely N-dealkylation sites (tertiary alicyclic amines) is 2. The maximum absolute atomic E-state index is 13.4. The number of rotatable bonds is 3. The molecule has 1 aromatic rings. The lowest BCUT2D eigenvalue weighted by atomic mass is 9.81. The maximum Gasteiger partial charge on any atom is 0.240 e. The van der Waals surface area contributed by atoms with E-state index in [0.717, 1.165) is 25.1 Å². The van der Waals surface area contributed by atoms with E-state index in [2.05, 4.69) is 4.90 Å². The minimum absolute atomic E-state index is 0.0753. The second-order valence-electron chi connectivity index (χ2n) is 7.08. The van der Waals surface area contributed by atoms with Crippen LogP contribution in [0, 0.1) is 11.7 Å². The number of hydrogen-bond acceptors (Lipinski definition) is 2. The van der Waals surface area contributed by atoms with E-state index in [1.165, 1.54) is 31.7 Å². The Hall–Kier alpha value is -1.42. The van der Waals surface area contributed by atoms with Crippen LogP contribution in [0.4, 0.5) is 4.39 Å². The van der Waals surface area contributed by atoms with E-state index in [1.54, 1.807) is 12.1 Å². The van der Waals surface area contributed by atoms with Gasteiger partial charge in [-0.05, 0) is 55.8 Å². The molecule has 2 aliphatic heterocycles. The van der Waals surface area contributed by atoms with E-state index in [-0.39, 0.29) is 17.8 Å². The number of benzene rings is 1. The molecule has 0 radical (unpaired) electrons. The summed E-state index contributed by atoms with van der Waals surface area (Å²) in [4.78, 5) is 17.3. The van der Waals surface area contributed by atoms with Gasteiger partial charge in [-0.1, -0.05) is 18.6 Å². The van der Waals surface area contributed by atoms with E-state index in [0.29, 0.717) is 18.5 Å². The van der Waals surface area contributed by atoms with Crippen LogP contribution in [0.15, 0.2) is 24.3 Å². The summed E-state index contributed by atoms with van der Waals surface area (Å²) in [6.45, 7) is 2.46. The molecule has 118 valence electrons. The highest BCUT2D eigenvalue weighted by Gasteiger charge is 2.44. The van der Waals surface area contributed by atoms with Gasteiger partial charge < -0.3 is 4.90 Å². The zero-order chi connectivity index (χ0) is 15.1. The summed E-state index contributed by atoms with van der Waals surface area (Å²) in [5.41, 5.74) is 0.892. The van der Waals surface area contributed by atoms with Crippen molar-refractivity contribution in [2.24, 2.45) is 5.92 Å². The third-order valence-electron chi connectivity index (χ3n) is 5.63. The molecule has 2 atom stereocenters. The molecule has 3 aliphatic rings. The van der Waals surface area contributed by atoms with Gasteiger partial charge in [-0.3, -0.25) is 9.69 Å². The van der Waals surface area contributed by atoms with Gasteiger partial charge in [-0.2, -0.15) is 0 Å². The highest BCUT2D eigenvalue weighted by molar-refractivity contribution is 5.83. The molecule has 22 heavy (non-hydrogen) atoms. The highest BCUT2D eigenvalue weighted by Crippen LogP contribution is 2.36. The molecule has 4 heteroatoms. The summed E-state index contributed by atoms with van der Waals surface area (Å²) >= 11 is 0. The standard InChI is InChI=1S/C18H23FN2O/c19-15-4-1-3-13(9-15)11-20-12-14-7-8-21(16-5-2-6-16)17(10-14)18(20)22/h1,3-4,9,14,16-17H,2,5-8,10-12H2/t14-,17+/m0/s1. The first-order valence-electron chi connectivity index (χ1n) is 8.49. The SMILES string of the molecule is O=C1[C@H]2C[C@H](CCN2C2CCC2)CN1Cc1cccc(F)c1. The van der Waals surface area contributed by atoms with Crippen molar-refractivity contribution in [3.63, 3.8) is 0 Å². The summed E-state index contributed by atoms with van der Waals surface area (Å²) in [7, 11) is 0. The van der Waals surface area contributed by atoms with Gasteiger partial charge in [0.25, 0.3) is 0 Å². The normalized spacial score (nSPS) is 29.5. The Bertz CT molecular complexity index is 572. The summed E-state index contributed by atoms with van der Waals surface area (Å²) in [6.07, 6.45) is 6.02. The van der Waals surface area contributed by atoms with Crippen LogP contribution in [-0.2, 0) is 11.3 Å². The molecule has 1 saturated carbocycles. The average molecular weight is 302 g/mol. The molecule has 0 aromatic heterocycles. The molecular formula is C18H23FN2O. The Morgan fingerprint density at radius 3 is 2.82 bits per heavy atom. The van der Waals surface area contributed by atoms with Crippen molar-refractivity contribution in [3.8, 4) is 0 Å². The van der Waals surface area contributed by atoms with Crippen molar-refractivity contribution in [1.82, 2.24) is 9.80 Å². The second kappa shape index (κ2) is 5.65. The van der Waals surface area contributed by atoms with Gasteiger partial charge in [0.1, 0.15) is 5.82 Å². The number of nitrogens with zero attached hydrogens (tertiary/aromatic N) is 2. The van der Waals surface area contributed by atoms with E-state index in [1.807, 2.05) is 11.0 Å². The minimum Gasteiger partial charge on any atom is -0.337 e. The largest absolute Gasteiger partial charge is 0.337 e. The van der Waals surface area contributed by atoms with Gasteiger partial charge in [-0.15, -0.1) is 0 Å². The van der Waals surface area contributed by atoms with Gasteiger partial charge in [-0.25, -0.2) is 4.39 Å². The second-order valence-corrected chi connectivity index (χ2v) is 7.08. The van der Waals surface area contributed by atoms with Crippen molar-refractivity contribution < 1.29 is 9.18 Å². The van der Waals surface area contributed by atoms with Crippen LogP contribution >= 0.6 is 0 Å². The molecule has 3 nitrogen and oxygen atoms in total. The molecule has 1 aliphatic carbocycles. The number of piperidine rings is 2. The van der Waals surface area contributed by atoms with E-state index in [9.17, 15) is 9.18 Å². The molecule has 1 amide bonds. The number of carbonyl (C=O) groups excluding carboxylic acids is 1. The smallest absolute Gasteiger partial charge is 0.240 e. The van der Waals surface area contributed by atoms with Gasteiger partial charge in [0.15, 0.2) is 0 Å². The quantitative estimate of drug-likeness (QED) is 0.857. The van der Waals surface area contributed by atoms with Crippen LogP contribution in [0.2, 0.25) is 0 Å². The molecule has 0 unspecified atom stereocenters. The summed E-state index contributed by atoms with van der Waals surface area (Å²) in [5, 5.41) is 0. The lowest BCUT2D eigenvalue weighted by molar-refractivity contribution is -0.149. The Morgan fingerprint density at radius 1 is 1.23 bits per heavy atom. The van der Waals surface area contributed by atoms with E-state index in [4.69, 9.17) is 0 Å². The maximum atomic E-state index is 13.4. The van der Waals surface area contributed by atoms with Gasteiger partial charge in [0, 0.05) is 19.1 Å². The van der Waals surface area contributed by atoms with E-state index >= 15 is 0 Å². The number of carbonyl (C=O) groups is 1. The number of hydrogen-bond donors (Lipinski definition) is 0. The molecule has 2 bridgehead atoms. The lowest BCUT2D eigenvalue weighted by Gasteiger charge is -2.51. The van der Waals surface area contributed by atoms with Crippen LogP contribution in [0.5, 0.6) is 0 Å². The van der Waals surface area contributed by atoms with Crippen LogP contribution in [0.25, 0.3) is 0 Å². The van der Waals surface area contributed by atoms with Crippen molar-refractivity contribution in [3.05, 3.63) is 35.6 Å². The third-order valence-corrected chi connectivity index (χ3v) is 5.63. The molecule has 1 aromatic carbocycles. The molecule has 3 fully saturated rings. The van der Waals surface area contributed by atoms with Crippen LogP contribution in [0.3, 0.4) is 0 Å². The van der Waals surface area contributed by atoms with Crippen molar-refractivity contribution in [1.29, 1.82) is 0 Å². The first-order valence-corrected chi connectivity index (χ1v) is 8.49. The third kappa shape index (κ3) is 2.54. The van der Waals surface area contributed by atoms with Gasteiger partial charge in [0.2, 0.25) is 5.91 Å². The monoisotopic (exact) mass is 302 g/mol. The number of amides is 1. The Labute approximate surface area is 131 Å². The molecule has 0 N–H and O–H groups in total. The fourth-order valence-corrected chi connectivity index (χ4v) is 4.23.